The van der Waals surface area contributed by atoms with Crippen LogP contribution in [0.1, 0.15) is 55.2 Å². The average Bonchev–Trinajstić information content (AvgIpc) is 3.46. The van der Waals surface area contributed by atoms with Gasteiger partial charge in [-0.1, -0.05) is 18.2 Å². The summed E-state index contributed by atoms with van der Waals surface area (Å²) in [5, 5.41) is 0. The van der Waals surface area contributed by atoms with Crippen LogP contribution in [0.2, 0.25) is 0 Å². The lowest BCUT2D eigenvalue weighted by molar-refractivity contribution is -0.143. The first kappa shape index (κ1) is 18.5. The highest BCUT2D eigenvalue weighted by molar-refractivity contribution is 5.79. The number of amides is 2. The summed E-state index contributed by atoms with van der Waals surface area (Å²) in [4.78, 5) is 29.5. The van der Waals surface area contributed by atoms with E-state index in [0.29, 0.717) is 18.7 Å². The molecule has 1 aromatic carbocycles. The lowest BCUT2D eigenvalue weighted by atomic mass is 9.73. The van der Waals surface area contributed by atoms with Gasteiger partial charge in [-0.15, -0.1) is 0 Å². The number of piperidine rings is 2. The Morgan fingerprint density at radius 2 is 1.96 bits per heavy atom. The molecule has 2 amide bonds. The third-order valence-corrected chi connectivity index (χ3v) is 6.86. The van der Waals surface area contributed by atoms with Crippen LogP contribution in [0.5, 0.6) is 0 Å². The van der Waals surface area contributed by atoms with Crippen LogP contribution in [-0.4, -0.2) is 47.8 Å². The Labute approximate surface area is 162 Å². The fourth-order valence-corrected chi connectivity index (χ4v) is 4.83. The van der Waals surface area contributed by atoms with Crippen LogP contribution < -0.4 is 0 Å². The van der Waals surface area contributed by atoms with Crippen molar-refractivity contribution >= 4 is 11.8 Å². The minimum Gasteiger partial charge on any atom is -0.342 e. The molecule has 3 aliphatic rings. The third kappa shape index (κ3) is 4.20. The van der Waals surface area contributed by atoms with E-state index < -0.39 is 0 Å². The second-order valence-electron chi connectivity index (χ2n) is 9.23. The van der Waals surface area contributed by atoms with Crippen LogP contribution in [0.3, 0.4) is 0 Å². The summed E-state index contributed by atoms with van der Waals surface area (Å²) in [5.41, 5.74) is 3.75. The molecule has 146 valence electrons. The Balaban J connectivity index is 1.41. The van der Waals surface area contributed by atoms with Gasteiger partial charge in [0.25, 0.3) is 0 Å². The van der Waals surface area contributed by atoms with Crippen molar-refractivity contribution in [3.8, 4) is 0 Å². The Morgan fingerprint density at radius 3 is 2.70 bits per heavy atom. The minimum absolute atomic E-state index is 0.125. The second-order valence-corrected chi connectivity index (χ2v) is 9.23. The van der Waals surface area contributed by atoms with E-state index in [2.05, 4.69) is 41.8 Å². The number of rotatable bonds is 4. The van der Waals surface area contributed by atoms with E-state index in [1.54, 1.807) is 0 Å². The van der Waals surface area contributed by atoms with Crippen molar-refractivity contribution in [3.63, 3.8) is 0 Å². The van der Waals surface area contributed by atoms with Crippen LogP contribution in [0.15, 0.2) is 18.2 Å². The van der Waals surface area contributed by atoms with Gasteiger partial charge < -0.3 is 9.80 Å². The zero-order valence-electron chi connectivity index (χ0n) is 16.8. The second kappa shape index (κ2) is 7.29. The standard InChI is InChI=1S/C23H32N2O2/c1-17-4-5-20(12-18(17)2)13-22(27)24-11-3-9-23(15-24)10-8-21(26)25(16-23)14-19-6-7-19/h4-5,12,19H,3,6-11,13-16H2,1-2H3. The molecular formula is C23H32N2O2. The van der Waals surface area contributed by atoms with Gasteiger partial charge in [0.2, 0.25) is 11.8 Å². The molecule has 2 aliphatic heterocycles. The maximum absolute atomic E-state index is 13.0. The fraction of sp³-hybridized carbons (Fsp3) is 0.652. The fourth-order valence-electron chi connectivity index (χ4n) is 4.83. The monoisotopic (exact) mass is 368 g/mol. The summed E-state index contributed by atoms with van der Waals surface area (Å²) in [7, 11) is 0. The number of hydrogen-bond donors (Lipinski definition) is 0. The van der Waals surface area contributed by atoms with Gasteiger partial charge in [0, 0.05) is 38.0 Å². The van der Waals surface area contributed by atoms with Gasteiger partial charge in [-0.3, -0.25) is 9.59 Å². The van der Waals surface area contributed by atoms with E-state index in [1.807, 2.05) is 0 Å². The SMILES string of the molecule is Cc1ccc(CC(=O)N2CCCC3(CCC(=O)N(CC4CC4)C3)C2)cc1C. The molecule has 2 heterocycles. The molecule has 3 fully saturated rings. The Kier molecular flexibility index (Phi) is 5.00. The summed E-state index contributed by atoms with van der Waals surface area (Å²) >= 11 is 0. The smallest absolute Gasteiger partial charge is 0.227 e. The Morgan fingerprint density at radius 1 is 1.15 bits per heavy atom. The normalized spacial score (nSPS) is 25.9. The van der Waals surface area contributed by atoms with E-state index in [1.165, 1.54) is 24.0 Å². The molecule has 1 spiro atoms. The number of hydrogen-bond acceptors (Lipinski definition) is 2. The molecule has 1 aromatic rings. The molecule has 1 unspecified atom stereocenters. The van der Waals surface area contributed by atoms with Crippen molar-refractivity contribution < 1.29 is 9.59 Å². The Bertz CT molecular complexity index is 740. The molecule has 0 radical (unpaired) electrons. The van der Waals surface area contributed by atoms with Crippen molar-refractivity contribution in [2.45, 2.75) is 58.8 Å². The molecule has 0 N–H and O–H groups in total. The predicted octanol–water partition coefficient (Wildman–Crippen LogP) is 3.49. The van der Waals surface area contributed by atoms with Gasteiger partial charge >= 0.3 is 0 Å². The number of nitrogens with zero attached hydrogens (tertiary/aromatic N) is 2. The van der Waals surface area contributed by atoms with Gasteiger partial charge in [0.1, 0.15) is 0 Å². The molecule has 1 aliphatic carbocycles. The van der Waals surface area contributed by atoms with E-state index in [9.17, 15) is 9.59 Å². The summed E-state index contributed by atoms with van der Waals surface area (Å²) in [6, 6.07) is 6.33. The van der Waals surface area contributed by atoms with E-state index in [0.717, 1.165) is 56.9 Å². The van der Waals surface area contributed by atoms with Gasteiger partial charge in [0.05, 0.1) is 6.42 Å². The van der Waals surface area contributed by atoms with Crippen LogP contribution in [-0.2, 0) is 16.0 Å². The molecule has 1 atom stereocenters. The van der Waals surface area contributed by atoms with Crippen molar-refractivity contribution in [1.82, 2.24) is 9.80 Å². The van der Waals surface area contributed by atoms with Crippen LogP contribution in [0, 0.1) is 25.2 Å². The molecule has 27 heavy (non-hydrogen) atoms. The highest BCUT2D eigenvalue weighted by Crippen LogP contribution is 2.40. The highest BCUT2D eigenvalue weighted by Gasteiger charge is 2.43. The predicted molar refractivity (Wildman–Crippen MR) is 106 cm³/mol. The lowest BCUT2D eigenvalue weighted by Gasteiger charge is -2.48. The number of likely N-dealkylation sites (tertiary alicyclic amines) is 2. The lowest BCUT2D eigenvalue weighted by Crippen LogP contribution is -2.55. The van der Waals surface area contributed by atoms with Gasteiger partial charge in [-0.2, -0.15) is 0 Å². The zero-order valence-corrected chi connectivity index (χ0v) is 16.8. The first-order chi connectivity index (χ1) is 12.9. The number of benzene rings is 1. The van der Waals surface area contributed by atoms with E-state index in [4.69, 9.17) is 0 Å². The molecular weight excluding hydrogens is 336 g/mol. The highest BCUT2D eigenvalue weighted by atomic mass is 16.2. The third-order valence-electron chi connectivity index (χ3n) is 6.86. The number of aryl methyl sites for hydroxylation is 2. The van der Waals surface area contributed by atoms with Crippen molar-refractivity contribution in [2.24, 2.45) is 11.3 Å². The molecule has 4 nitrogen and oxygen atoms in total. The molecule has 4 heteroatoms. The van der Waals surface area contributed by atoms with Crippen LogP contribution in [0.4, 0.5) is 0 Å². The average molecular weight is 369 g/mol. The summed E-state index contributed by atoms with van der Waals surface area (Å²) in [6.07, 6.45) is 6.85. The summed E-state index contributed by atoms with van der Waals surface area (Å²) < 4.78 is 0. The molecule has 0 bridgehead atoms. The topological polar surface area (TPSA) is 40.6 Å². The van der Waals surface area contributed by atoms with E-state index >= 15 is 0 Å². The quantitative estimate of drug-likeness (QED) is 0.816. The van der Waals surface area contributed by atoms with Gasteiger partial charge in [-0.25, -0.2) is 0 Å². The van der Waals surface area contributed by atoms with Crippen molar-refractivity contribution in [3.05, 3.63) is 34.9 Å². The maximum Gasteiger partial charge on any atom is 0.227 e. The van der Waals surface area contributed by atoms with E-state index in [-0.39, 0.29) is 11.3 Å². The van der Waals surface area contributed by atoms with Crippen molar-refractivity contribution in [1.29, 1.82) is 0 Å². The number of carbonyl (C=O) groups excluding carboxylic acids is 2. The largest absolute Gasteiger partial charge is 0.342 e. The number of carbonyl (C=O) groups is 2. The minimum atomic E-state index is 0.125. The van der Waals surface area contributed by atoms with Gasteiger partial charge in [0.15, 0.2) is 0 Å². The molecule has 0 aromatic heterocycles. The summed E-state index contributed by atoms with van der Waals surface area (Å²) in [5.74, 6) is 1.30. The first-order valence-electron chi connectivity index (χ1n) is 10.6. The molecule has 4 rings (SSSR count). The summed E-state index contributed by atoms with van der Waals surface area (Å²) in [6.45, 7) is 7.69. The molecule has 2 saturated heterocycles. The zero-order chi connectivity index (χ0) is 19.0. The van der Waals surface area contributed by atoms with Crippen LogP contribution >= 0.6 is 0 Å². The molecule has 1 saturated carbocycles. The van der Waals surface area contributed by atoms with Crippen LogP contribution in [0.25, 0.3) is 0 Å². The van der Waals surface area contributed by atoms with Crippen molar-refractivity contribution in [2.75, 3.05) is 26.2 Å². The first-order valence-corrected chi connectivity index (χ1v) is 10.6. The van der Waals surface area contributed by atoms with Gasteiger partial charge in [-0.05, 0) is 68.6 Å². The Hall–Kier alpha value is -1.84. The maximum atomic E-state index is 13.0.